The first-order valence-electron chi connectivity index (χ1n) is 3.88. The van der Waals surface area contributed by atoms with Gasteiger partial charge in [0.2, 0.25) is 0 Å². The molecule has 1 aromatic heterocycles. The fourth-order valence-corrected chi connectivity index (χ4v) is 1.72. The second kappa shape index (κ2) is 3.83. The van der Waals surface area contributed by atoms with Crippen LogP contribution in [-0.2, 0) is 6.42 Å². The molecular formula is C8H14N2S. The third-order valence-electron chi connectivity index (χ3n) is 1.46. The highest BCUT2D eigenvalue weighted by molar-refractivity contribution is 7.09. The van der Waals surface area contributed by atoms with E-state index in [2.05, 4.69) is 24.2 Å². The van der Waals surface area contributed by atoms with E-state index >= 15 is 0 Å². The Labute approximate surface area is 71.5 Å². The molecule has 62 valence electrons. The maximum absolute atomic E-state index is 5.41. The SMILES string of the molecule is CC(C)c1nc(CCN)cs1. The maximum Gasteiger partial charge on any atom is 0.0953 e. The summed E-state index contributed by atoms with van der Waals surface area (Å²) in [6.45, 7) is 5.01. The first-order valence-corrected chi connectivity index (χ1v) is 4.76. The molecule has 0 aliphatic heterocycles. The number of thiazole rings is 1. The van der Waals surface area contributed by atoms with Crippen LogP contribution in [0.4, 0.5) is 0 Å². The van der Waals surface area contributed by atoms with Gasteiger partial charge in [0, 0.05) is 17.7 Å². The van der Waals surface area contributed by atoms with E-state index in [1.807, 2.05) is 0 Å². The molecule has 0 aliphatic carbocycles. The third kappa shape index (κ3) is 2.27. The smallest absolute Gasteiger partial charge is 0.0953 e. The maximum atomic E-state index is 5.41. The summed E-state index contributed by atoms with van der Waals surface area (Å²) in [5.41, 5.74) is 6.55. The fourth-order valence-electron chi connectivity index (χ4n) is 0.851. The van der Waals surface area contributed by atoms with Gasteiger partial charge in [0.25, 0.3) is 0 Å². The van der Waals surface area contributed by atoms with Gasteiger partial charge >= 0.3 is 0 Å². The Morgan fingerprint density at radius 2 is 2.36 bits per heavy atom. The van der Waals surface area contributed by atoms with Crippen LogP contribution in [0.3, 0.4) is 0 Å². The summed E-state index contributed by atoms with van der Waals surface area (Å²) in [6, 6.07) is 0. The minimum atomic E-state index is 0.548. The molecular weight excluding hydrogens is 156 g/mol. The Hall–Kier alpha value is -0.410. The molecule has 0 amide bonds. The van der Waals surface area contributed by atoms with E-state index < -0.39 is 0 Å². The van der Waals surface area contributed by atoms with Crippen LogP contribution in [0.1, 0.15) is 30.5 Å². The first kappa shape index (κ1) is 8.68. The van der Waals surface area contributed by atoms with Crippen LogP contribution in [0.2, 0.25) is 0 Å². The minimum absolute atomic E-state index is 0.548. The molecule has 0 unspecified atom stereocenters. The van der Waals surface area contributed by atoms with E-state index in [9.17, 15) is 0 Å². The van der Waals surface area contributed by atoms with E-state index in [1.165, 1.54) is 5.01 Å². The van der Waals surface area contributed by atoms with Crippen LogP contribution in [-0.4, -0.2) is 11.5 Å². The summed E-state index contributed by atoms with van der Waals surface area (Å²) >= 11 is 1.73. The van der Waals surface area contributed by atoms with Crippen molar-refractivity contribution in [3.05, 3.63) is 16.1 Å². The molecule has 0 radical (unpaired) electrons. The van der Waals surface area contributed by atoms with Crippen molar-refractivity contribution in [1.82, 2.24) is 4.98 Å². The van der Waals surface area contributed by atoms with Crippen LogP contribution in [0.5, 0.6) is 0 Å². The van der Waals surface area contributed by atoms with Crippen molar-refractivity contribution in [3.8, 4) is 0 Å². The molecule has 1 heterocycles. The first-order chi connectivity index (χ1) is 5.24. The lowest BCUT2D eigenvalue weighted by Crippen LogP contribution is -2.02. The molecule has 11 heavy (non-hydrogen) atoms. The van der Waals surface area contributed by atoms with E-state index in [0.29, 0.717) is 12.5 Å². The molecule has 2 N–H and O–H groups in total. The largest absolute Gasteiger partial charge is 0.330 e. The van der Waals surface area contributed by atoms with Crippen molar-refractivity contribution in [1.29, 1.82) is 0 Å². The van der Waals surface area contributed by atoms with Crippen LogP contribution < -0.4 is 5.73 Å². The molecule has 0 aromatic carbocycles. The normalized spacial score (nSPS) is 10.9. The van der Waals surface area contributed by atoms with Gasteiger partial charge in [-0.2, -0.15) is 0 Å². The minimum Gasteiger partial charge on any atom is -0.330 e. The molecule has 1 aromatic rings. The lowest BCUT2D eigenvalue weighted by molar-refractivity contribution is 0.831. The summed E-state index contributed by atoms with van der Waals surface area (Å²) in [7, 11) is 0. The molecule has 0 spiro atoms. The highest BCUT2D eigenvalue weighted by Gasteiger charge is 2.04. The Balaban J connectivity index is 2.66. The Kier molecular flexibility index (Phi) is 3.02. The topological polar surface area (TPSA) is 38.9 Å². The quantitative estimate of drug-likeness (QED) is 0.751. The van der Waals surface area contributed by atoms with E-state index in [-0.39, 0.29) is 0 Å². The van der Waals surface area contributed by atoms with Crippen molar-refractivity contribution in [2.75, 3.05) is 6.54 Å². The number of hydrogen-bond acceptors (Lipinski definition) is 3. The van der Waals surface area contributed by atoms with Gasteiger partial charge in [-0.3, -0.25) is 0 Å². The predicted molar refractivity (Wildman–Crippen MR) is 49.0 cm³/mol. The van der Waals surface area contributed by atoms with E-state index in [1.54, 1.807) is 11.3 Å². The summed E-state index contributed by atoms with van der Waals surface area (Å²) in [6.07, 6.45) is 0.906. The van der Waals surface area contributed by atoms with Gasteiger partial charge in [0.15, 0.2) is 0 Å². The number of rotatable bonds is 3. The fraction of sp³-hybridized carbons (Fsp3) is 0.625. The average molecular weight is 170 g/mol. The van der Waals surface area contributed by atoms with Crippen molar-refractivity contribution >= 4 is 11.3 Å². The zero-order valence-corrected chi connectivity index (χ0v) is 7.82. The molecule has 0 fully saturated rings. The van der Waals surface area contributed by atoms with Gasteiger partial charge in [-0.05, 0) is 6.54 Å². The zero-order valence-electron chi connectivity index (χ0n) is 7.00. The molecule has 3 heteroatoms. The second-order valence-corrected chi connectivity index (χ2v) is 3.76. The van der Waals surface area contributed by atoms with Crippen LogP contribution in [0, 0.1) is 0 Å². The summed E-state index contributed by atoms with van der Waals surface area (Å²) < 4.78 is 0. The molecule has 0 saturated heterocycles. The number of nitrogens with zero attached hydrogens (tertiary/aromatic N) is 1. The van der Waals surface area contributed by atoms with Crippen LogP contribution in [0.25, 0.3) is 0 Å². The van der Waals surface area contributed by atoms with Gasteiger partial charge in [0.1, 0.15) is 0 Å². The van der Waals surface area contributed by atoms with Crippen LogP contribution in [0.15, 0.2) is 5.38 Å². The summed E-state index contributed by atoms with van der Waals surface area (Å²) in [4.78, 5) is 4.44. The lowest BCUT2D eigenvalue weighted by Gasteiger charge is -1.95. The van der Waals surface area contributed by atoms with Gasteiger partial charge < -0.3 is 5.73 Å². The third-order valence-corrected chi connectivity index (χ3v) is 2.66. The van der Waals surface area contributed by atoms with Gasteiger partial charge in [0.05, 0.1) is 10.7 Å². The van der Waals surface area contributed by atoms with Crippen molar-refractivity contribution in [3.63, 3.8) is 0 Å². The highest BCUT2D eigenvalue weighted by Crippen LogP contribution is 2.18. The number of nitrogens with two attached hydrogens (primary N) is 1. The standard InChI is InChI=1S/C8H14N2S/c1-6(2)8-10-7(3-4-9)5-11-8/h5-6H,3-4,9H2,1-2H3. The number of aromatic nitrogens is 1. The molecule has 2 nitrogen and oxygen atoms in total. The summed E-state index contributed by atoms with van der Waals surface area (Å²) in [5, 5.41) is 3.32. The van der Waals surface area contributed by atoms with Crippen molar-refractivity contribution in [2.45, 2.75) is 26.2 Å². The average Bonchev–Trinajstić information content (AvgIpc) is 2.37. The van der Waals surface area contributed by atoms with E-state index in [0.717, 1.165) is 12.1 Å². The van der Waals surface area contributed by atoms with E-state index in [4.69, 9.17) is 5.73 Å². The lowest BCUT2D eigenvalue weighted by atomic mass is 10.2. The van der Waals surface area contributed by atoms with Crippen molar-refractivity contribution < 1.29 is 0 Å². The second-order valence-electron chi connectivity index (χ2n) is 2.87. The van der Waals surface area contributed by atoms with Crippen LogP contribution >= 0.6 is 11.3 Å². The Morgan fingerprint density at radius 1 is 1.64 bits per heavy atom. The van der Waals surface area contributed by atoms with Gasteiger partial charge in [-0.25, -0.2) is 4.98 Å². The molecule has 0 aliphatic rings. The monoisotopic (exact) mass is 170 g/mol. The Bertz CT molecular complexity index is 218. The number of hydrogen-bond donors (Lipinski definition) is 1. The molecule has 0 atom stereocenters. The zero-order chi connectivity index (χ0) is 8.27. The summed E-state index contributed by atoms with van der Waals surface area (Å²) in [5.74, 6) is 0.548. The Morgan fingerprint density at radius 3 is 2.82 bits per heavy atom. The molecule has 1 rings (SSSR count). The van der Waals surface area contributed by atoms with Gasteiger partial charge in [-0.1, -0.05) is 13.8 Å². The molecule has 0 bridgehead atoms. The molecule has 0 saturated carbocycles. The van der Waals surface area contributed by atoms with Crippen molar-refractivity contribution in [2.24, 2.45) is 5.73 Å². The predicted octanol–water partition coefficient (Wildman–Crippen LogP) is 1.77. The van der Waals surface area contributed by atoms with Gasteiger partial charge in [-0.15, -0.1) is 11.3 Å². The highest BCUT2D eigenvalue weighted by atomic mass is 32.1.